The highest BCUT2D eigenvalue weighted by Gasteiger charge is 2.19. The number of carboxylic acid groups (broad SMARTS) is 1. The number of hydrogen-bond acceptors (Lipinski definition) is 2. The molecule has 7 heteroatoms. The second-order valence-electron chi connectivity index (χ2n) is 4.15. The van der Waals surface area contributed by atoms with Gasteiger partial charge in [-0.3, -0.25) is 4.79 Å². The van der Waals surface area contributed by atoms with Gasteiger partial charge in [0.2, 0.25) is 0 Å². The normalized spacial score (nSPS) is 11.8. The molecule has 0 aromatic heterocycles. The highest BCUT2D eigenvalue weighted by molar-refractivity contribution is 6.33. The maximum absolute atomic E-state index is 13.5. The maximum Gasteiger partial charge on any atom is 0.321 e. The van der Waals surface area contributed by atoms with E-state index in [1.807, 2.05) is 0 Å². The zero-order chi connectivity index (χ0) is 14.6. The van der Waals surface area contributed by atoms with Gasteiger partial charge in [-0.05, 0) is 12.1 Å². The number of aliphatic carboxylic acids is 1. The van der Waals surface area contributed by atoms with E-state index < -0.39 is 23.7 Å². The van der Waals surface area contributed by atoms with Gasteiger partial charge in [0.05, 0.1) is 16.6 Å². The molecule has 5 nitrogen and oxygen atoms in total. The van der Waals surface area contributed by atoms with Crippen LogP contribution in [0.25, 0.3) is 0 Å². The van der Waals surface area contributed by atoms with E-state index in [9.17, 15) is 14.0 Å². The fourth-order valence-corrected chi connectivity index (χ4v) is 1.60. The molecule has 0 saturated heterocycles. The minimum absolute atomic E-state index is 0.00718. The molecule has 1 aromatic rings. The van der Waals surface area contributed by atoms with Crippen molar-refractivity contribution in [2.24, 2.45) is 5.92 Å². The van der Waals surface area contributed by atoms with Crippen LogP contribution in [-0.2, 0) is 4.79 Å². The summed E-state index contributed by atoms with van der Waals surface area (Å²) in [6.07, 6.45) is 0. The molecule has 1 aromatic carbocycles. The van der Waals surface area contributed by atoms with Crippen LogP contribution in [-0.4, -0.2) is 35.6 Å². The average Bonchev–Trinajstić information content (AvgIpc) is 2.33. The Morgan fingerprint density at radius 1 is 1.53 bits per heavy atom. The van der Waals surface area contributed by atoms with Crippen molar-refractivity contribution in [3.63, 3.8) is 0 Å². The Morgan fingerprint density at radius 2 is 2.16 bits per heavy atom. The number of para-hydroxylation sites is 1. The number of amides is 2. The van der Waals surface area contributed by atoms with E-state index in [4.69, 9.17) is 16.7 Å². The molecular weight excluding hydrogens is 275 g/mol. The van der Waals surface area contributed by atoms with Crippen molar-refractivity contribution in [1.29, 1.82) is 0 Å². The molecule has 0 heterocycles. The number of benzene rings is 1. The van der Waals surface area contributed by atoms with Crippen LogP contribution in [0.2, 0.25) is 5.02 Å². The Morgan fingerprint density at radius 3 is 2.68 bits per heavy atom. The Hall–Kier alpha value is -1.82. The predicted octanol–water partition coefficient (Wildman–Crippen LogP) is 2.66. The molecule has 0 aliphatic heterocycles. The highest BCUT2D eigenvalue weighted by atomic mass is 35.5. The molecule has 1 unspecified atom stereocenters. The number of anilines is 1. The average molecular weight is 289 g/mol. The number of urea groups is 1. The lowest BCUT2D eigenvalue weighted by Crippen LogP contribution is -2.36. The number of halogens is 2. The van der Waals surface area contributed by atoms with E-state index in [1.54, 1.807) is 0 Å². The summed E-state index contributed by atoms with van der Waals surface area (Å²) >= 11 is 5.77. The number of rotatable bonds is 4. The summed E-state index contributed by atoms with van der Waals surface area (Å²) in [5.41, 5.74) is -0.121. The lowest BCUT2D eigenvalue weighted by atomic mass is 10.2. The molecule has 0 aliphatic carbocycles. The van der Waals surface area contributed by atoms with Gasteiger partial charge in [0.15, 0.2) is 0 Å². The fourth-order valence-electron chi connectivity index (χ4n) is 1.39. The van der Waals surface area contributed by atoms with Gasteiger partial charge in [0, 0.05) is 13.6 Å². The lowest BCUT2D eigenvalue weighted by Gasteiger charge is -2.20. The molecule has 0 saturated carbocycles. The van der Waals surface area contributed by atoms with Crippen molar-refractivity contribution >= 4 is 29.3 Å². The lowest BCUT2D eigenvalue weighted by molar-refractivity contribution is -0.141. The largest absolute Gasteiger partial charge is 0.481 e. The minimum Gasteiger partial charge on any atom is -0.481 e. The Labute approximate surface area is 115 Å². The number of carbonyl (C=O) groups excluding carboxylic acids is 1. The van der Waals surface area contributed by atoms with E-state index >= 15 is 0 Å². The first-order chi connectivity index (χ1) is 8.82. The third-order valence-electron chi connectivity index (χ3n) is 2.51. The molecule has 1 rings (SSSR count). The topological polar surface area (TPSA) is 69.6 Å². The quantitative estimate of drug-likeness (QED) is 0.895. The highest BCUT2D eigenvalue weighted by Crippen LogP contribution is 2.24. The first-order valence-electron chi connectivity index (χ1n) is 5.52. The maximum atomic E-state index is 13.5. The molecule has 104 valence electrons. The second kappa shape index (κ2) is 6.38. The van der Waals surface area contributed by atoms with Crippen molar-refractivity contribution in [3.05, 3.63) is 29.0 Å². The first-order valence-corrected chi connectivity index (χ1v) is 5.89. The molecular formula is C12H14ClFN2O3. The van der Waals surface area contributed by atoms with Crippen molar-refractivity contribution in [2.75, 3.05) is 18.9 Å². The van der Waals surface area contributed by atoms with Crippen molar-refractivity contribution in [1.82, 2.24) is 4.90 Å². The Balaban J connectivity index is 2.72. The van der Waals surface area contributed by atoms with E-state index in [0.717, 1.165) is 4.90 Å². The molecule has 2 N–H and O–H groups in total. The van der Waals surface area contributed by atoms with Crippen LogP contribution in [0.4, 0.5) is 14.9 Å². The van der Waals surface area contributed by atoms with Crippen LogP contribution in [0.3, 0.4) is 0 Å². The van der Waals surface area contributed by atoms with Crippen molar-refractivity contribution in [2.45, 2.75) is 6.92 Å². The fraction of sp³-hybridized carbons (Fsp3) is 0.333. The van der Waals surface area contributed by atoms with Crippen LogP contribution in [0, 0.1) is 11.7 Å². The summed E-state index contributed by atoms with van der Waals surface area (Å²) in [6, 6.07) is 3.41. The zero-order valence-electron chi connectivity index (χ0n) is 10.5. The number of carbonyl (C=O) groups is 2. The summed E-state index contributed by atoms with van der Waals surface area (Å²) in [4.78, 5) is 23.6. The molecule has 0 radical (unpaired) electrons. The van der Waals surface area contributed by atoms with E-state index in [0.29, 0.717) is 0 Å². The summed E-state index contributed by atoms with van der Waals surface area (Å²) in [6.45, 7) is 1.48. The third kappa shape index (κ3) is 4.10. The van der Waals surface area contributed by atoms with Gasteiger partial charge in [0.25, 0.3) is 0 Å². The Bertz CT molecular complexity index is 476. The number of nitrogens with one attached hydrogen (secondary N) is 1. The SMILES string of the molecule is CC(CN(C)C(=O)Nc1c(F)cccc1Cl)C(=O)O. The van der Waals surface area contributed by atoms with Crippen LogP contribution in [0.15, 0.2) is 18.2 Å². The summed E-state index contributed by atoms with van der Waals surface area (Å²) < 4.78 is 13.5. The molecule has 1 atom stereocenters. The number of carboxylic acids is 1. The summed E-state index contributed by atoms with van der Waals surface area (Å²) in [5, 5.41) is 11.1. The van der Waals surface area contributed by atoms with Gasteiger partial charge in [-0.1, -0.05) is 24.6 Å². The molecule has 19 heavy (non-hydrogen) atoms. The van der Waals surface area contributed by atoms with Gasteiger partial charge < -0.3 is 15.3 Å². The predicted molar refractivity (Wildman–Crippen MR) is 69.9 cm³/mol. The molecule has 0 aliphatic rings. The van der Waals surface area contributed by atoms with Gasteiger partial charge in [-0.15, -0.1) is 0 Å². The monoisotopic (exact) mass is 288 g/mol. The van der Waals surface area contributed by atoms with Crippen molar-refractivity contribution < 1.29 is 19.1 Å². The van der Waals surface area contributed by atoms with E-state index in [1.165, 1.54) is 32.2 Å². The number of nitrogens with zero attached hydrogens (tertiary/aromatic N) is 1. The molecule has 0 bridgehead atoms. The molecule has 0 spiro atoms. The standard InChI is InChI=1S/C12H14ClFN2O3/c1-7(11(17)18)6-16(2)12(19)15-10-8(13)4-3-5-9(10)14/h3-5,7H,6H2,1-2H3,(H,15,19)(H,17,18). The van der Waals surface area contributed by atoms with Crippen molar-refractivity contribution in [3.8, 4) is 0 Å². The Kier molecular flexibility index (Phi) is 5.11. The van der Waals surface area contributed by atoms with Gasteiger partial charge in [0.1, 0.15) is 5.82 Å². The van der Waals surface area contributed by atoms with E-state index in [-0.39, 0.29) is 17.3 Å². The van der Waals surface area contributed by atoms with E-state index in [2.05, 4.69) is 5.32 Å². The zero-order valence-corrected chi connectivity index (χ0v) is 11.2. The smallest absolute Gasteiger partial charge is 0.321 e. The van der Waals surface area contributed by atoms with Gasteiger partial charge >= 0.3 is 12.0 Å². The second-order valence-corrected chi connectivity index (χ2v) is 4.55. The van der Waals surface area contributed by atoms with Crippen LogP contribution < -0.4 is 5.32 Å². The molecule has 2 amide bonds. The third-order valence-corrected chi connectivity index (χ3v) is 2.83. The summed E-state index contributed by atoms with van der Waals surface area (Å²) in [5.74, 6) is -2.38. The minimum atomic E-state index is -1.01. The van der Waals surface area contributed by atoms with Crippen LogP contribution in [0.1, 0.15) is 6.92 Å². The molecule has 0 fully saturated rings. The number of hydrogen-bond donors (Lipinski definition) is 2. The van der Waals surface area contributed by atoms with Gasteiger partial charge in [-0.2, -0.15) is 0 Å². The van der Waals surface area contributed by atoms with Gasteiger partial charge in [-0.25, -0.2) is 9.18 Å². The first kappa shape index (κ1) is 15.2. The van der Waals surface area contributed by atoms with Crippen LogP contribution >= 0.6 is 11.6 Å². The summed E-state index contributed by atoms with van der Waals surface area (Å²) in [7, 11) is 1.42. The van der Waals surface area contributed by atoms with Crippen LogP contribution in [0.5, 0.6) is 0 Å².